The number of imidazole rings is 2. The third-order valence-corrected chi connectivity index (χ3v) is 11.8. The van der Waals surface area contributed by atoms with Crippen LogP contribution in [0, 0.1) is 13.8 Å². The second kappa shape index (κ2) is 17.8. The summed E-state index contributed by atoms with van der Waals surface area (Å²) in [6.07, 6.45) is 5.53. The smallest absolute Gasteiger partial charge is 0.335 e. The van der Waals surface area contributed by atoms with Gasteiger partial charge in [0.05, 0.1) is 47.2 Å². The number of carboxylic acids is 1. The Morgan fingerprint density at radius 3 is 1.62 bits per heavy atom. The maximum atomic E-state index is 13.9. The molecule has 0 aliphatic carbocycles. The van der Waals surface area contributed by atoms with E-state index in [-0.39, 0.29) is 80.7 Å². The van der Waals surface area contributed by atoms with Crippen LogP contribution >= 0.6 is 13.5 Å². The summed E-state index contributed by atoms with van der Waals surface area (Å²) in [5, 5.41) is 25.0. The molecule has 2 fully saturated rings. The minimum atomic E-state index is -1.17. The summed E-state index contributed by atoms with van der Waals surface area (Å²) in [5.41, 5.74) is 9.65. The number of benzene rings is 2. The zero-order valence-corrected chi connectivity index (χ0v) is 36.8. The Bertz CT molecular complexity index is 2650. The van der Waals surface area contributed by atoms with Gasteiger partial charge in [-0.15, -0.1) is 0 Å². The van der Waals surface area contributed by atoms with Crippen molar-refractivity contribution in [2.24, 2.45) is 5.73 Å². The van der Waals surface area contributed by atoms with E-state index in [1.807, 2.05) is 32.9 Å². The number of hydrogen-bond donors (Lipinski definition) is 4. The lowest BCUT2D eigenvalue weighted by atomic mass is 10.1. The SMILES string of the molecule is CCn1nc(C)cc1C(=O)Nc1nc2cc(C(N)=O)cc3c2n1C/C=C/Cn1c(NC(=O)c2cc(C)nn2CC)nc2cc(C(=O)O)cc(c21)OC[C@@H](N1C2CCC1COC2)CO3.S. The number of carboxylic acid groups (broad SMARTS) is 1. The standard InChI is InChI=1S/C43H48N12O8.H2S/c1-5-53-32(13-23(3)49-53)39(57)47-42-45-30-15-25(38(44)56)17-34-36(30)51(42)11-7-8-12-52-37-31(46-43(52)48-40(58)33-14-24(4)50-54(33)6-2)16-26(41(59)60)18-35(37)63-22-29(21-62-34)55-27-9-10-28(55)20-61-19-27;/h7-8,13-18,27-29H,5-6,9-12,19-22H2,1-4H3,(H2,44,56)(H,59,60)(H,45,47,57)(H,46,48,58);1H2/b8-7+;/t27?,28?,29-;/m0./s1. The Kier molecular flexibility index (Phi) is 12.2. The summed E-state index contributed by atoms with van der Waals surface area (Å²) in [6, 6.07) is 9.22. The topological polar surface area (TPSA) is 241 Å². The first kappa shape index (κ1) is 43.9. The Labute approximate surface area is 373 Å². The lowest BCUT2D eigenvalue weighted by Gasteiger charge is -2.40. The van der Waals surface area contributed by atoms with Gasteiger partial charge in [-0.3, -0.25) is 39.3 Å². The second-order valence-electron chi connectivity index (χ2n) is 15.9. The highest BCUT2D eigenvalue weighted by Crippen LogP contribution is 2.36. The van der Waals surface area contributed by atoms with Gasteiger partial charge in [-0.25, -0.2) is 14.8 Å². The number of aromatic carboxylic acids is 1. The van der Waals surface area contributed by atoms with Crippen LogP contribution in [0.3, 0.4) is 0 Å². The minimum Gasteiger partial charge on any atom is -0.490 e. The number of fused-ring (bicyclic) bond motifs is 2. The van der Waals surface area contributed by atoms with Gasteiger partial charge in [-0.2, -0.15) is 23.7 Å². The van der Waals surface area contributed by atoms with Gasteiger partial charge in [-0.1, -0.05) is 12.2 Å². The molecule has 64 heavy (non-hydrogen) atoms. The van der Waals surface area contributed by atoms with E-state index in [0.29, 0.717) is 76.9 Å². The highest BCUT2D eigenvalue weighted by Gasteiger charge is 2.42. The van der Waals surface area contributed by atoms with Crippen molar-refractivity contribution in [3.05, 3.63) is 82.5 Å². The van der Waals surface area contributed by atoms with Gasteiger partial charge in [0, 0.05) is 43.8 Å². The number of carbonyl (C=O) groups is 4. The third-order valence-electron chi connectivity index (χ3n) is 11.8. The molecule has 7 heterocycles. The molecule has 2 bridgehead atoms. The predicted molar refractivity (Wildman–Crippen MR) is 240 cm³/mol. The summed E-state index contributed by atoms with van der Waals surface area (Å²) in [4.78, 5) is 64.9. The number of hydrogen-bond acceptors (Lipinski definition) is 12. The van der Waals surface area contributed by atoms with Crippen LogP contribution in [0.25, 0.3) is 22.1 Å². The number of aryl methyl sites for hydroxylation is 4. The minimum absolute atomic E-state index is 0. The molecule has 2 aromatic carbocycles. The lowest BCUT2D eigenvalue weighted by Crippen LogP contribution is -2.55. The highest BCUT2D eigenvalue weighted by atomic mass is 32.1. The summed E-state index contributed by atoms with van der Waals surface area (Å²) >= 11 is 0. The van der Waals surface area contributed by atoms with E-state index in [0.717, 1.165) is 12.8 Å². The van der Waals surface area contributed by atoms with E-state index in [9.17, 15) is 24.3 Å². The normalized spacial score (nSPS) is 19.2. The number of morpholine rings is 1. The van der Waals surface area contributed by atoms with Gasteiger partial charge in [-0.05, 0) is 76.9 Å². The van der Waals surface area contributed by atoms with Crippen LogP contribution in [-0.4, -0.2) is 117 Å². The number of ether oxygens (including phenoxy) is 3. The van der Waals surface area contributed by atoms with Gasteiger partial charge in [0.1, 0.15) is 47.1 Å². The number of nitrogens with zero attached hydrogens (tertiary/aromatic N) is 9. The molecular formula is C43H50N12O8S. The van der Waals surface area contributed by atoms with E-state index in [2.05, 4.69) is 25.7 Å². The van der Waals surface area contributed by atoms with Gasteiger partial charge in [0.25, 0.3) is 11.8 Å². The van der Waals surface area contributed by atoms with Crippen molar-refractivity contribution in [3.63, 3.8) is 0 Å². The Hall–Kier alpha value is -6.71. The molecule has 6 aromatic rings. The van der Waals surface area contributed by atoms with Crippen LogP contribution in [0.15, 0.2) is 48.6 Å². The molecule has 4 aromatic heterocycles. The molecule has 336 valence electrons. The van der Waals surface area contributed by atoms with E-state index in [4.69, 9.17) is 29.9 Å². The average molecular weight is 895 g/mol. The van der Waals surface area contributed by atoms with Gasteiger partial charge >= 0.3 is 5.97 Å². The molecule has 0 saturated carbocycles. The van der Waals surface area contributed by atoms with Crippen molar-refractivity contribution in [2.45, 2.75) is 84.8 Å². The van der Waals surface area contributed by atoms with E-state index in [1.165, 1.54) is 12.1 Å². The molecular weight excluding hydrogens is 845 g/mol. The van der Waals surface area contributed by atoms with Crippen LogP contribution in [0.1, 0.15) is 79.8 Å². The van der Waals surface area contributed by atoms with E-state index >= 15 is 0 Å². The predicted octanol–water partition coefficient (Wildman–Crippen LogP) is 4.11. The number of amides is 3. The fourth-order valence-corrected chi connectivity index (χ4v) is 8.97. The highest BCUT2D eigenvalue weighted by molar-refractivity contribution is 7.59. The molecule has 0 radical (unpaired) electrons. The van der Waals surface area contributed by atoms with Gasteiger partial charge in [0.2, 0.25) is 17.8 Å². The molecule has 5 N–H and O–H groups in total. The monoisotopic (exact) mass is 894 g/mol. The van der Waals surface area contributed by atoms with Crippen molar-refractivity contribution < 1.29 is 38.5 Å². The first-order valence-electron chi connectivity index (χ1n) is 21.0. The van der Waals surface area contributed by atoms with Crippen LogP contribution < -0.4 is 25.8 Å². The number of allylic oxidation sites excluding steroid dienone is 2. The molecule has 9 rings (SSSR count). The third kappa shape index (κ3) is 8.16. The number of primary amides is 1. The first-order chi connectivity index (χ1) is 30.4. The number of aromatic nitrogens is 8. The molecule has 20 nitrogen and oxygen atoms in total. The average Bonchev–Trinajstić information content (AvgIpc) is 4.06. The van der Waals surface area contributed by atoms with Crippen LogP contribution in [0.2, 0.25) is 0 Å². The molecule has 3 amide bonds. The molecule has 2 saturated heterocycles. The zero-order valence-electron chi connectivity index (χ0n) is 35.8. The van der Waals surface area contributed by atoms with Crippen LogP contribution in [-0.2, 0) is 30.9 Å². The van der Waals surface area contributed by atoms with Crippen molar-refractivity contribution in [1.82, 2.24) is 43.6 Å². The number of nitrogens with one attached hydrogen (secondary N) is 2. The maximum absolute atomic E-state index is 13.9. The van der Waals surface area contributed by atoms with Crippen molar-refractivity contribution in [1.29, 1.82) is 0 Å². The molecule has 2 unspecified atom stereocenters. The maximum Gasteiger partial charge on any atom is 0.335 e. The summed E-state index contributed by atoms with van der Waals surface area (Å²) < 4.78 is 26.1. The van der Waals surface area contributed by atoms with E-state index < -0.39 is 29.7 Å². The Morgan fingerprint density at radius 2 is 1.17 bits per heavy atom. The molecule has 3 aliphatic rings. The first-order valence-corrected chi connectivity index (χ1v) is 21.0. The summed E-state index contributed by atoms with van der Waals surface area (Å²) in [6.45, 7) is 9.83. The Balaban J connectivity index is 0.00000560. The number of anilines is 2. The van der Waals surface area contributed by atoms with Gasteiger partial charge in [0.15, 0.2) is 0 Å². The summed E-state index contributed by atoms with van der Waals surface area (Å²) in [7, 11) is 0. The molecule has 3 aliphatic heterocycles. The number of nitrogens with two attached hydrogens (primary N) is 1. The zero-order chi connectivity index (χ0) is 44.1. The van der Waals surface area contributed by atoms with Gasteiger partial charge < -0.3 is 34.2 Å². The second-order valence-corrected chi connectivity index (χ2v) is 15.9. The summed E-state index contributed by atoms with van der Waals surface area (Å²) in [5.74, 6) is -1.82. The number of rotatable bonds is 9. The lowest BCUT2D eigenvalue weighted by molar-refractivity contribution is -0.0534. The van der Waals surface area contributed by atoms with Crippen molar-refractivity contribution in [2.75, 3.05) is 37.1 Å². The Morgan fingerprint density at radius 1 is 0.703 bits per heavy atom. The van der Waals surface area contributed by atoms with Crippen molar-refractivity contribution >= 4 is 71.2 Å². The fourth-order valence-electron chi connectivity index (χ4n) is 8.97. The molecule has 3 atom stereocenters. The van der Waals surface area contributed by atoms with Crippen LogP contribution in [0.4, 0.5) is 11.9 Å². The van der Waals surface area contributed by atoms with Crippen molar-refractivity contribution in [3.8, 4) is 11.5 Å². The van der Waals surface area contributed by atoms with Crippen LogP contribution in [0.5, 0.6) is 11.5 Å². The fraction of sp³-hybridized carbons (Fsp3) is 0.395. The number of carbonyl (C=O) groups excluding carboxylic acids is 3. The molecule has 21 heteroatoms. The van der Waals surface area contributed by atoms with E-state index in [1.54, 1.807) is 49.7 Å². The largest absolute Gasteiger partial charge is 0.490 e. The molecule has 0 spiro atoms. The quantitative estimate of drug-likeness (QED) is 0.150.